The number of rotatable bonds is 15. The van der Waals surface area contributed by atoms with Crippen molar-refractivity contribution in [3.8, 4) is 78.3 Å². The van der Waals surface area contributed by atoms with Gasteiger partial charge in [0.25, 0.3) is 13.4 Å². The molecule has 8 heteroatoms. The fraction of sp³-hybridized carbons (Fsp3) is 0. The van der Waals surface area contributed by atoms with Gasteiger partial charge in [0.05, 0.1) is 28.4 Å². The van der Waals surface area contributed by atoms with E-state index >= 15 is 0 Å². The zero-order valence-electron chi connectivity index (χ0n) is 63.4. The van der Waals surface area contributed by atoms with Gasteiger partial charge in [-0.05, 0) is 145 Å². The molecule has 0 unspecified atom stereocenters. The number of anilines is 15. The molecule has 18 aromatic carbocycles. The number of fused-ring (bicyclic) bond motifs is 8. The van der Waals surface area contributed by atoms with Crippen LogP contribution in [-0.2, 0) is 0 Å². The molecule has 0 aliphatic carbocycles. The van der Waals surface area contributed by atoms with E-state index < -0.39 is 0 Å². The zero-order valence-corrected chi connectivity index (χ0v) is 63.4. The lowest BCUT2D eigenvalue weighted by Crippen LogP contribution is -2.64. The molecule has 18 aromatic rings. The van der Waals surface area contributed by atoms with Crippen molar-refractivity contribution in [3.05, 3.63) is 443 Å². The third kappa shape index (κ3) is 11.4. The van der Waals surface area contributed by atoms with Crippen LogP contribution in [0.15, 0.2) is 443 Å². The van der Waals surface area contributed by atoms with Crippen molar-refractivity contribution in [2.45, 2.75) is 0 Å². The standard InChI is InChI=1S/C108H73B2N5O/c1-11-38-74(39-12-1)86-58-35-59-87(75-40-13-2-14-41-75)106(86)111(80-50-23-7-24-51-80)84-68-99-104-100(69-84)115(108-90(78-46-19-5-20-47-78)62-37-63-91(108)79-48-21-6-22-49-79)98-73-102-95(72-94(98)109(104)92-64-31-33-66-96(92)113(99)82-54-27-9-28-55-82)110-93-65-32-34-67-97(93)114(83-56-29-10-30-57-83)101-70-85(71-103(116-102)105(101)110)112(81-52-25-8-26-53-81)107-88(76-42-15-3-16-43-76)60-36-61-89(107)77-44-17-4-18-45-77/h1-73H. The Labute approximate surface area is 677 Å². The Kier molecular flexibility index (Phi) is 16.7. The molecule has 0 spiro atoms. The topological polar surface area (TPSA) is 25.4 Å². The maximum absolute atomic E-state index is 8.23. The van der Waals surface area contributed by atoms with Crippen LogP contribution >= 0.6 is 0 Å². The molecule has 22 rings (SSSR count). The molecule has 0 atom stereocenters. The minimum atomic E-state index is -0.307. The van der Waals surface area contributed by atoms with Crippen molar-refractivity contribution in [2.75, 3.05) is 24.5 Å². The van der Waals surface area contributed by atoms with Gasteiger partial charge in [-0.1, -0.05) is 352 Å². The highest BCUT2D eigenvalue weighted by molar-refractivity contribution is 7.02. The molecule has 0 radical (unpaired) electrons. The minimum Gasteiger partial charge on any atom is -0.458 e. The number of para-hydroxylation sites is 9. The van der Waals surface area contributed by atoms with E-state index in [0.29, 0.717) is 0 Å². The second kappa shape index (κ2) is 28.6. The van der Waals surface area contributed by atoms with Gasteiger partial charge in [-0.15, -0.1) is 0 Å². The Balaban J connectivity index is 0.867. The molecule has 0 saturated carbocycles. The quantitative estimate of drug-likeness (QED) is 0.0949. The van der Waals surface area contributed by atoms with Gasteiger partial charge < -0.3 is 29.2 Å². The monoisotopic (exact) mass is 1480 g/mol. The maximum Gasteiger partial charge on any atom is 0.256 e. The number of benzene rings is 18. The first-order valence-electron chi connectivity index (χ1n) is 40.0. The molecule has 0 N–H and O–H groups in total. The lowest BCUT2D eigenvalue weighted by atomic mass is 9.30. The Bertz CT molecular complexity index is 6580. The van der Waals surface area contributed by atoms with Crippen molar-refractivity contribution in [1.82, 2.24) is 0 Å². The molecule has 0 bridgehead atoms. The van der Waals surface area contributed by atoms with Crippen LogP contribution in [-0.4, -0.2) is 13.4 Å². The summed E-state index contributed by atoms with van der Waals surface area (Å²) in [6.07, 6.45) is 0. The van der Waals surface area contributed by atoms with Crippen LogP contribution in [0.3, 0.4) is 0 Å². The Morgan fingerprint density at radius 2 is 0.509 bits per heavy atom. The predicted octanol–water partition coefficient (Wildman–Crippen LogP) is 25.1. The first kappa shape index (κ1) is 67.8. The first-order chi connectivity index (χ1) is 57.6. The summed E-state index contributed by atoms with van der Waals surface area (Å²) < 4.78 is 8.23. The average molecular weight is 1480 g/mol. The molecule has 0 amide bonds. The van der Waals surface area contributed by atoms with E-state index in [9.17, 15) is 0 Å². The van der Waals surface area contributed by atoms with Gasteiger partial charge in [-0.3, -0.25) is 0 Å². The molecule has 542 valence electrons. The first-order valence-corrected chi connectivity index (χ1v) is 40.0. The Morgan fingerprint density at radius 3 is 0.905 bits per heavy atom. The van der Waals surface area contributed by atoms with E-state index in [4.69, 9.17) is 4.74 Å². The van der Waals surface area contributed by atoms with E-state index in [0.717, 1.165) is 174 Å². The average Bonchev–Trinajstić information content (AvgIpc) is 0.688. The van der Waals surface area contributed by atoms with Crippen molar-refractivity contribution in [1.29, 1.82) is 0 Å². The van der Waals surface area contributed by atoms with Crippen molar-refractivity contribution in [3.63, 3.8) is 0 Å². The second-order valence-electron chi connectivity index (χ2n) is 30.1. The third-order valence-corrected chi connectivity index (χ3v) is 23.6. The van der Waals surface area contributed by atoms with E-state index in [1.165, 1.54) is 21.9 Å². The van der Waals surface area contributed by atoms with Crippen LogP contribution in [0.25, 0.3) is 66.8 Å². The van der Waals surface area contributed by atoms with Crippen molar-refractivity contribution < 1.29 is 4.74 Å². The highest BCUT2D eigenvalue weighted by Crippen LogP contribution is 2.57. The van der Waals surface area contributed by atoms with E-state index in [2.05, 4.69) is 467 Å². The highest BCUT2D eigenvalue weighted by Gasteiger charge is 2.49. The van der Waals surface area contributed by atoms with Crippen LogP contribution in [0.1, 0.15) is 0 Å². The summed E-state index contributed by atoms with van der Waals surface area (Å²) in [6.45, 7) is -0.602. The fourth-order valence-electron chi connectivity index (χ4n) is 18.7. The Morgan fingerprint density at radius 1 is 0.198 bits per heavy atom. The lowest BCUT2D eigenvalue weighted by molar-refractivity contribution is 0.488. The van der Waals surface area contributed by atoms with Crippen LogP contribution in [0.5, 0.6) is 11.5 Å². The molecule has 4 heterocycles. The third-order valence-electron chi connectivity index (χ3n) is 23.6. The van der Waals surface area contributed by atoms with Gasteiger partial charge in [0, 0.05) is 102 Å². The fourth-order valence-corrected chi connectivity index (χ4v) is 18.7. The van der Waals surface area contributed by atoms with Gasteiger partial charge in [0.1, 0.15) is 11.5 Å². The molecular formula is C108H73B2N5O. The van der Waals surface area contributed by atoms with Gasteiger partial charge >= 0.3 is 0 Å². The van der Waals surface area contributed by atoms with Crippen LogP contribution in [0.2, 0.25) is 0 Å². The number of ether oxygens (including phenoxy) is 1. The minimum absolute atomic E-state index is 0.295. The van der Waals surface area contributed by atoms with Crippen LogP contribution < -0.4 is 62.0 Å². The van der Waals surface area contributed by atoms with Gasteiger partial charge in [0.15, 0.2) is 0 Å². The summed E-state index contributed by atoms with van der Waals surface area (Å²) >= 11 is 0. The normalized spacial score (nSPS) is 12.5. The summed E-state index contributed by atoms with van der Waals surface area (Å²) in [5.41, 5.74) is 35.7. The molecule has 4 aliphatic heterocycles. The molecule has 6 nitrogen and oxygen atoms in total. The zero-order chi connectivity index (χ0) is 76.6. The summed E-state index contributed by atoms with van der Waals surface area (Å²) in [5.74, 6) is 1.56. The molecule has 0 saturated heterocycles. The summed E-state index contributed by atoms with van der Waals surface area (Å²) in [4.78, 5) is 12.7. The Hall–Kier alpha value is -15.1. The largest absolute Gasteiger partial charge is 0.458 e. The van der Waals surface area contributed by atoms with Crippen LogP contribution in [0.4, 0.5) is 85.3 Å². The summed E-state index contributed by atoms with van der Waals surface area (Å²) in [6, 6.07) is 163. The van der Waals surface area contributed by atoms with Gasteiger partial charge in [0.2, 0.25) is 0 Å². The molecule has 4 aliphatic rings. The SMILES string of the molecule is c1ccc(-c2cccc(-c3ccccc3)c2N(c2ccccc2)c2cc3c4c(c2)N(c2ccccc2)c2ccccc2B4c2cc4c(cc2O3)N(c2c(-c3ccccc3)cccc2-c2ccccc2)c2cc(N(c3ccccc3)c3c(-c5ccccc5)cccc3-c3ccccc3)cc3c2B4c2ccccc2N3c2ccccc2)cc1. The smallest absolute Gasteiger partial charge is 0.256 e. The van der Waals surface area contributed by atoms with Crippen molar-refractivity contribution in [2.24, 2.45) is 0 Å². The van der Waals surface area contributed by atoms with Crippen LogP contribution in [0, 0.1) is 0 Å². The van der Waals surface area contributed by atoms with E-state index in [1.54, 1.807) is 0 Å². The van der Waals surface area contributed by atoms with E-state index in [-0.39, 0.29) is 13.4 Å². The molecular weight excluding hydrogens is 1400 g/mol. The van der Waals surface area contributed by atoms with E-state index in [1.807, 2.05) is 0 Å². The predicted molar refractivity (Wildman–Crippen MR) is 488 cm³/mol. The molecule has 116 heavy (non-hydrogen) atoms. The molecule has 0 aromatic heterocycles. The van der Waals surface area contributed by atoms with Crippen molar-refractivity contribution >= 4 is 132 Å². The number of nitrogens with zero attached hydrogens (tertiary/aromatic N) is 5. The highest BCUT2D eigenvalue weighted by atomic mass is 16.5. The summed E-state index contributed by atoms with van der Waals surface area (Å²) in [5, 5.41) is 0. The molecule has 0 fully saturated rings. The lowest BCUT2D eigenvalue weighted by Gasteiger charge is -2.46. The summed E-state index contributed by atoms with van der Waals surface area (Å²) in [7, 11) is 0. The van der Waals surface area contributed by atoms with Gasteiger partial charge in [-0.25, -0.2) is 0 Å². The number of hydrogen-bond acceptors (Lipinski definition) is 6. The van der Waals surface area contributed by atoms with Gasteiger partial charge in [-0.2, -0.15) is 0 Å². The second-order valence-corrected chi connectivity index (χ2v) is 30.1. The number of hydrogen-bond donors (Lipinski definition) is 0. The maximum atomic E-state index is 8.23.